The molecule has 0 aromatic heterocycles. The second-order valence-corrected chi connectivity index (χ2v) is 2.06. The molecule has 0 aromatic carbocycles. The monoisotopic (exact) mass is 149 g/mol. The second kappa shape index (κ2) is 4.18. The maximum absolute atomic E-state index is 8.52. The van der Waals surface area contributed by atoms with Gasteiger partial charge in [0.2, 0.25) is 0 Å². The van der Waals surface area contributed by atoms with E-state index in [1.165, 1.54) is 12.2 Å². The first-order valence-corrected chi connectivity index (χ1v) is 3.08. The summed E-state index contributed by atoms with van der Waals surface area (Å²) in [6.07, 6.45) is 3.00. The van der Waals surface area contributed by atoms with Crippen LogP contribution in [0.1, 0.15) is 6.92 Å². The molecule has 0 saturated heterocycles. The normalized spacial score (nSPS) is 10.9. The fraction of sp³-hybridized carbons (Fsp3) is 0.125. The molecule has 0 aliphatic heterocycles. The molecule has 3 nitrogen and oxygen atoms in total. The van der Waals surface area contributed by atoms with Crippen LogP contribution >= 0.6 is 0 Å². The summed E-state index contributed by atoms with van der Waals surface area (Å²) < 4.78 is 0. The molecule has 0 amide bonds. The first-order valence-electron chi connectivity index (χ1n) is 3.08. The van der Waals surface area contributed by atoms with Gasteiger partial charge in [-0.25, -0.2) is 0 Å². The summed E-state index contributed by atoms with van der Waals surface area (Å²) in [6.45, 7) is 5.22. The first kappa shape index (κ1) is 9.31. The fourth-order valence-electron chi connectivity index (χ4n) is 0.623. The lowest BCUT2D eigenvalue weighted by atomic mass is 10.1. The smallest absolute Gasteiger partial charge is 0.0994 e. The van der Waals surface area contributed by atoms with Gasteiger partial charge in [-0.05, 0) is 18.6 Å². The van der Waals surface area contributed by atoms with Crippen LogP contribution in [0.15, 0.2) is 35.7 Å². The second-order valence-electron chi connectivity index (χ2n) is 2.06. The third-order valence-electron chi connectivity index (χ3n) is 1.13. The number of hydrogen-bond donors (Lipinski definition) is 2. The minimum atomic E-state index is 0.192. The average molecular weight is 149 g/mol. The lowest BCUT2D eigenvalue weighted by Gasteiger charge is -1.94. The van der Waals surface area contributed by atoms with E-state index >= 15 is 0 Å². The summed E-state index contributed by atoms with van der Waals surface area (Å²) in [6, 6.07) is 1.96. The maximum Gasteiger partial charge on any atom is 0.0994 e. The predicted octanol–water partition coefficient (Wildman–Crippen LogP) is 0.771. The van der Waals surface area contributed by atoms with Gasteiger partial charge in [0, 0.05) is 0 Å². The molecule has 0 bridgehead atoms. The van der Waals surface area contributed by atoms with E-state index in [1.807, 2.05) is 6.07 Å². The standard InChI is InChI=1S/C8H11N3/c1-3-7(5-9)6(2)4-8(10)11/h3-4H,1,10-11H2,2H3/b7-6+. The van der Waals surface area contributed by atoms with Crippen molar-refractivity contribution in [1.29, 1.82) is 5.26 Å². The summed E-state index contributed by atoms with van der Waals surface area (Å²) in [5.41, 5.74) is 11.6. The summed E-state index contributed by atoms with van der Waals surface area (Å²) in [5.74, 6) is 0.192. The van der Waals surface area contributed by atoms with Crippen molar-refractivity contribution in [3.05, 3.63) is 35.7 Å². The third kappa shape index (κ3) is 3.11. The first-order chi connectivity index (χ1) is 5.11. The Morgan fingerprint density at radius 3 is 2.36 bits per heavy atom. The Morgan fingerprint density at radius 2 is 2.09 bits per heavy atom. The highest BCUT2D eigenvalue weighted by Crippen LogP contribution is 2.04. The van der Waals surface area contributed by atoms with Crippen molar-refractivity contribution >= 4 is 0 Å². The van der Waals surface area contributed by atoms with Gasteiger partial charge >= 0.3 is 0 Å². The van der Waals surface area contributed by atoms with Crippen LogP contribution in [0, 0.1) is 11.3 Å². The van der Waals surface area contributed by atoms with Crippen LogP contribution in [0.3, 0.4) is 0 Å². The largest absolute Gasteiger partial charge is 0.386 e. The molecule has 0 heterocycles. The molecule has 0 radical (unpaired) electrons. The van der Waals surface area contributed by atoms with Gasteiger partial charge < -0.3 is 11.5 Å². The van der Waals surface area contributed by atoms with Gasteiger partial charge in [-0.3, -0.25) is 0 Å². The molecule has 0 spiro atoms. The Bertz CT molecular complexity index is 249. The molecule has 0 aromatic rings. The molecule has 0 saturated carbocycles. The van der Waals surface area contributed by atoms with Crippen LogP contribution in [-0.2, 0) is 0 Å². The van der Waals surface area contributed by atoms with E-state index in [0.29, 0.717) is 5.57 Å². The van der Waals surface area contributed by atoms with E-state index in [2.05, 4.69) is 6.58 Å². The van der Waals surface area contributed by atoms with E-state index in [0.717, 1.165) is 5.57 Å². The van der Waals surface area contributed by atoms with Gasteiger partial charge in [0.1, 0.15) is 0 Å². The molecule has 58 valence electrons. The molecule has 0 rings (SSSR count). The Kier molecular flexibility index (Phi) is 3.54. The zero-order valence-corrected chi connectivity index (χ0v) is 6.46. The average Bonchev–Trinajstić information content (AvgIpc) is 1.88. The Balaban J connectivity index is 4.81. The zero-order chi connectivity index (χ0) is 8.85. The van der Waals surface area contributed by atoms with Crippen LogP contribution in [0.5, 0.6) is 0 Å². The Morgan fingerprint density at radius 1 is 1.55 bits per heavy atom. The van der Waals surface area contributed by atoms with E-state index in [-0.39, 0.29) is 5.82 Å². The number of nitrogens with zero attached hydrogens (tertiary/aromatic N) is 1. The van der Waals surface area contributed by atoms with Crippen molar-refractivity contribution in [2.45, 2.75) is 6.92 Å². The van der Waals surface area contributed by atoms with E-state index in [1.54, 1.807) is 6.92 Å². The molecule has 4 N–H and O–H groups in total. The molecule has 11 heavy (non-hydrogen) atoms. The van der Waals surface area contributed by atoms with Crippen LogP contribution < -0.4 is 11.5 Å². The number of hydrogen-bond acceptors (Lipinski definition) is 3. The number of allylic oxidation sites excluding steroid dienone is 4. The lowest BCUT2D eigenvalue weighted by Crippen LogP contribution is -2.07. The summed E-state index contributed by atoms with van der Waals surface area (Å²) >= 11 is 0. The van der Waals surface area contributed by atoms with Gasteiger partial charge in [0.15, 0.2) is 0 Å². The summed E-state index contributed by atoms with van der Waals surface area (Å²) in [5, 5.41) is 8.52. The highest BCUT2D eigenvalue weighted by atomic mass is 14.8. The molecule has 3 heteroatoms. The maximum atomic E-state index is 8.52. The van der Waals surface area contributed by atoms with Crippen molar-refractivity contribution in [3.63, 3.8) is 0 Å². The molecule has 0 atom stereocenters. The fourth-order valence-corrected chi connectivity index (χ4v) is 0.623. The molecule has 0 fully saturated rings. The number of nitrogens with two attached hydrogens (primary N) is 2. The molecule has 0 aliphatic carbocycles. The highest BCUT2D eigenvalue weighted by Gasteiger charge is 1.92. The molecule has 0 aliphatic rings. The minimum Gasteiger partial charge on any atom is -0.386 e. The van der Waals surface area contributed by atoms with Crippen LogP contribution in [0.4, 0.5) is 0 Å². The Labute approximate surface area is 66.3 Å². The van der Waals surface area contributed by atoms with E-state index in [9.17, 15) is 0 Å². The van der Waals surface area contributed by atoms with Gasteiger partial charge in [-0.1, -0.05) is 12.7 Å². The lowest BCUT2D eigenvalue weighted by molar-refractivity contribution is 1.23. The number of nitriles is 1. The topological polar surface area (TPSA) is 75.8 Å². The summed E-state index contributed by atoms with van der Waals surface area (Å²) in [4.78, 5) is 0. The third-order valence-corrected chi connectivity index (χ3v) is 1.13. The molecular formula is C8H11N3. The van der Waals surface area contributed by atoms with Crippen LogP contribution in [0.25, 0.3) is 0 Å². The van der Waals surface area contributed by atoms with E-state index in [4.69, 9.17) is 16.7 Å². The predicted molar refractivity (Wildman–Crippen MR) is 45.0 cm³/mol. The SMILES string of the molecule is C=C/C(C#N)=C(/C)C=C(N)N. The van der Waals surface area contributed by atoms with Crippen molar-refractivity contribution < 1.29 is 0 Å². The zero-order valence-electron chi connectivity index (χ0n) is 6.46. The minimum absolute atomic E-state index is 0.192. The van der Waals surface area contributed by atoms with Gasteiger partial charge in [0.05, 0.1) is 17.5 Å². The highest BCUT2D eigenvalue weighted by molar-refractivity contribution is 5.41. The van der Waals surface area contributed by atoms with Crippen molar-refractivity contribution in [2.75, 3.05) is 0 Å². The van der Waals surface area contributed by atoms with Crippen LogP contribution in [-0.4, -0.2) is 0 Å². The quantitative estimate of drug-likeness (QED) is 0.449. The summed E-state index contributed by atoms with van der Waals surface area (Å²) in [7, 11) is 0. The van der Waals surface area contributed by atoms with Crippen molar-refractivity contribution in [3.8, 4) is 6.07 Å². The Hall–Kier alpha value is -1.69. The van der Waals surface area contributed by atoms with Gasteiger partial charge in [-0.2, -0.15) is 5.26 Å². The van der Waals surface area contributed by atoms with Crippen LogP contribution in [0.2, 0.25) is 0 Å². The van der Waals surface area contributed by atoms with E-state index < -0.39 is 0 Å². The number of rotatable bonds is 2. The molecular weight excluding hydrogens is 138 g/mol. The van der Waals surface area contributed by atoms with Crippen molar-refractivity contribution in [2.24, 2.45) is 11.5 Å². The van der Waals surface area contributed by atoms with Gasteiger partial charge in [0.25, 0.3) is 0 Å². The van der Waals surface area contributed by atoms with Gasteiger partial charge in [-0.15, -0.1) is 0 Å². The van der Waals surface area contributed by atoms with Crippen molar-refractivity contribution in [1.82, 2.24) is 0 Å². The molecule has 0 unspecified atom stereocenters.